The van der Waals surface area contributed by atoms with Gasteiger partial charge >= 0.3 is 0 Å². The van der Waals surface area contributed by atoms with Crippen LogP contribution in [0.3, 0.4) is 0 Å². The van der Waals surface area contributed by atoms with Gasteiger partial charge in [0.05, 0.1) is 8.49 Å². The lowest BCUT2D eigenvalue weighted by Gasteiger charge is -2.17. The van der Waals surface area contributed by atoms with Gasteiger partial charge < -0.3 is 11.1 Å². The van der Waals surface area contributed by atoms with Gasteiger partial charge in [0.1, 0.15) is 0 Å². The number of benzene rings is 1. The molecule has 0 aromatic heterocycles. The highest BCUT2D eigenvalue weighted by Gasteiger charge is 2.13. The van der Waals surface area contributed by atoms with E-state index in [1.165, 1.54) is 6.07 Å². The van der Waals surface area contributed by atoms with E-state index < -0.39 is 0 Å². The van der Waals surface area contributed by atoms with Gasteiger partial charge in [-0.15, -0.1) is 0 Å². The average Bonchev–Trinajstić information content (AvgIpc) is 2.34. The van der Waals surface area contributed by atoms with Crippen molar-refractivity contribution in [2.24, 2.45) is 5.73 Å². The number of nitrogens with zero attached hydrogens (tertiary/aromatic N) is 1. The first-order chi connectivity index (χ1) is 8.58. The highest BCUT2D eigenvalue weighted by molar-refractivity contribution is 14.1. The molecule has 1 unspecified atom stereocenters. The SMILES string of the molecule is CCCCC(CN)Nc1ccc([N+](=O)[O-])c(I)c1. The van der Waals surface area contributed by atoms with Crippen molar-refractivity contribution in [1.29, 1.82) is 0 Å². The van der Waals surface area contributed by atoms with Gasteiger partial charge in [-0.2, -0.15) is 0 Å². The first kappa shape index (κ1) is 15.2. The van der Waals surface area contributed by atoms with Crippen LogP contribution in [0.15, 0.2) is 18.2 Å². The summed E-state index contributed by atoms with van der Waals surface area (Å²) in [5.74, 6) is 0. The quantitative estimate of drug-likeness (QED) is 0.443. The smallest absolute Gasteiger partial charge is 0.282 e. The number of rotatable bonds is 7. The first-order valence-electron chi connectivity index (χ1n) is 5.99. The van der Waals surface area contributed by atoms with E-state index in [9.17, 15) is 10.1 Å². The summed E-state index contributed by atoms with van der Waals surface area (Å²) in [6.07, 6.45) is 3.27. The van der Waals surface area contributed by atoms with Crippen LogP contribution in [0.2, 0.25) is 0 Å². The van der Waals surface area contributed by atoms with Crippen molar-refractivity contribution in [1.82, 2.24) is 0 Å². The Hall–Kier alpha value is -0.890. The molecule has 18 heavy (non-hydrogen) atoms. The summed E-state index contributed by atoms with van der Waals surface area (Å²) in [7, 11) is 0. The maximum atomic E-state index is 10.7. The third-order valence-electron chi connectivity index (χ3n) is 2.71. The summed E-state index contributed by atoms with van der Waals surface area (Å²) < 4.78 is 0.633. The molecule has 0 aliphatic heterocycles. The van der Waals surface area contributed by atoms with Crippen molar-refractivity contribution in [2.75, 3.05) is 11.9 Å². The number of anilines is 1. The summed E-state index contributed by atoms with van der Waals surface area (Å²) in [6, 6.07) is 5.27. The van der Waals surface area contributed by atoms with Crippen LogP contribution in [0, 0.1) is 13.7 Å². The first-order valence-corrected chi connectivity index (χ1v) is 7.07. The monoisotopic (exact) mass is 363 g/mol. The average molecular weight is 363 g/mol. The zero-order chi connectivity index (χ0) is 13.5. The van der Waals surface area contributed by atoms with Crippen LogP contribution < -0.4 is 11.1 Å². The van der Waals surface area contributed by atoms with Crippen LogP contribution >= 0.6 is 22.6 Å². The zero-order valence-electron chi connectivity index (χ0n) is 10.4. The number of hydrogen-bond acceptors (Lipinski definition) is 4. The Morgan fingerprint density at radius 3 is 2.78 bits per heavy atom. The number of nitrogens with one attached hydrogen (secondary N) is 1. The van der Waals surface area contributed by atoms with E-state index in [4.69, 9.17) is 5.73 Å². The summed E-state index contributed by atoms with van der Waals surface area (Å²) >= 11 is 1.98. The van der Waals surface area contributed by atoms with Gasteiger partial charge in [0.25, 0.3) is 5.69 Å². The van der Waals surface area contributed by atoms with Gasteiger partial charge in [0, 0.05) is 24.3 Å². The predicted molar refractivity (Wildman–Crippen MR) is 81.8 cm³/mol. The molecule has 0 aliphatic rings. The van der Waals surface area contributed by atoms with Gasteiger partial charge in [-0.1, -0.05) is 19.8 Å². The molecule has 0 aliphatic carbocycles. The lowest BCUT2D eigenvalue weighted by Crippen LogP contribution is -2.28. The molecular formula is C12H18IN3O2. The van der Waals surface area contributed by atoms with Crippen LogP contribution in [0.4, 0.5) is 11.4 Å². The van der Waals surface area contributed by atoms with Crippen molar-refractivity contribution in [3.8, 4) is 0 Å². The van der Waals surface area contributed by atoms with Gasteiger partial charge in [-0.3, -0.25) is 10.1 Å². The van der Waals surface area contributed by atoms with Crippen LogP contribution in [0.1, 0.15) is 26.2 Å². The van der Waals surface area contributed by atoms with Crippen molar-refractivity contribution in [3.63, 3.8) is 0 Å². The summed E-state index contributed by atoms with van der Waals surface area (Å²) in [5, 5.41) is 14.0. The van der Waals surface area contributed by atoms with Crippen LogP contribution in [0.5, 0.6) is 0 Å². The zero-order valence-corrected chi connectivity index (χ0v) is 12.5. The molecule has 100 valence electrons. The van der Waals surface area contributed by atoms with Crippen molar-refractivity contribution in [2.45, 2.75) is 32.2 Å². The fourth-order valence-electron chi connectivity index (χ4n) is 1.68. The molecule has 1 atom stereocenters. The second-order valence-corrected chi connectivity index (χ2v) is 5.30. The normalized spacial score (nSPS) is 12.2. The highest BCUT2D eigenvalue weighted by atomic mass is 127. The Bertz CT molecular complexity index is 412. The number of nitro benzene ring substituents is 1. The van der Waals surface area contributed by atoms with E-state index in [-0.39, 0.29) is 16.7 Å². The fourth-order valence-corrected chi connectivity index (χ4v) is 2.39. The number of hydrogen-bond donors (Lipinski definition) is 2. The van der Waals surface area contributed by atoms with E-state index in [1.54, 1.807) is 12.1 Å². The van der Waals surface area contributed by atoms with Crippen molar-refractivity contribution >= 4 is 34.0 Å². The summed E-state index contributed by atoms with van der Waals surface area (Å²) in [6.45, 7) is 2.70. The minimum Gasteiger partial charge on any atom is -0.381 e. The van der Waals surface area contributed by atoms with Gasteiger partial charge in [-0.05, 0) is 41.1 Å². The summed E-state index contributed by atoms with van der Waals surface area (Å²) in [5.41, 5.74) is 6.73. The van der Waals surface area contributed by atoms with E-state index in [0.29, 0.717) is 10.1 Å². The number of nitrogens with two attached hydrogens (primary N) is 1. The maximum absolute atomic E-state index is 10.7. The third kappa shape index (κ3) is 4.41. The predicted octanol–water partition coefficient (Wildman–Crippen LogP) is 3.13. The molecule has 0 fully saturated rings. The lowest BCUT2D eigenvalue weighted by atomic mass is 10.1. The molecule has 0 saturated heterocycles. The molecule has 0 spiro atoms. The van der Waals surface area contributed by atoms with Crippen molar-refractivity contribution in [3.05, 3.63) is 31.9 Å². The number of halogens is 1. The minimum absolute atomic E-state index is 0.138. The Morgan fingerprint density at radius 2 is 2.28 bits per heavy atom. The van der Waals surface area contributed by atoms with Crippen LogP contribution in [-0.4, -0.2) is 17.5 Å². The molecular weight excluding hydrogens is 345 g/mol. The molecule has 6 heteroatoms. The van der Waals surface area contributed by atoms with Gasteiger partial charge in [0.15, 0.2) is 0 Å². The molecule has 0 amide bonds. The molecule has 0 saturated carbocycles. The summed E-state index contributed by atoms with van der Waals surface area (Å²) in [4.78, 5) is 10.3. The Morgan fingerprint density at radius 1 is 1.56 bits per heavy atom. The van der Waals surface area contributed by atoms with E-state index in [2.05, 4.69) is 12.2 Å². The molecule has 1 aromatic carbocycles. The standard InChI is InChI=1S/C12H18IN3O2/c1-2-3-4-10(8-14)15-9-5-6-12(16(17)18)11(13)7-9/h5-7,10,15H,2-4,8,14H2,1H3. The Balaban J connectivity index is 2.72. The van der Waals surface area contributed by atoms with Crippen LogP contribution in [0.25, 0.3) is 0 Å². The third-order valence-corrected chi connectivity index (χ3v) is 3.57. The Labute approximate surface area is 120 Å². The fraction of sp³-hybridized carbons (Fsp3) is 0.500. The molecule has 3 N–H and O–H groups in total. The number of unbranched alkanes of at least 4 members (excludes halogenated alkanes) is 1. The van der Waals surface area contributed by atoms with Crippen molar-refractivity contribution < 1.29 is 4.92 Å². The molecule has 0 bridgehead atoms. The Kier molecular flexibility index (Phi) is 6.34. The number of nitro groups is 1. The van der Waals surface area contributed by atoms with Gasteiger partial charge in [0.2, 0.25) is 0 Å². The maximum Gasteiger partial charge on any atom is 0.282 e. The molecule has 0 heterocycles. The van der Waals surface area contributed by atoms with Gasteiger partial charge in [-0.25, -0.2) is 0 Å². The molecule has 1 aromatic rings. The van der Waals surface area contributed by atoms with E-state index in [1.807, 2.05) is 22.6 Å². The second-order valence-electron chi connectivity index (χ2n) is 4.14. The highest BCUT2D eigenvalue weighted by Crippen LogP contribution is 2.24. The molecule has 0 radical (unpaired) electrons. The van der Waals surface area contributed by atoms with Crippen LogP contribution in [-0.2, 0) is 0 Å². The van der Waals surface area contributed by atoms with E-state index in [0.717, 1.165) is 24.9 Å². The molecule has 5 nitrogen and oxygen atoms in total. The molecule has 1 rings (SSSR count). The van der Waals surface area contributed by atoms with E-state index >= 15 is 0 Å². The second kappa shape index (κ2) is 7.52. The minimum atomic E-state index is -0.372. The lowest BCUT2D eigenvalue weighted by molar-refractivity contribution is -0.385. The topological polar surface area (TPSA) is 81.2 Å². The largest absolute Gasteiger partial charge is 0.381 e.